The van der Waals surface area contributed by atoms with Crippen molar-refractivity contribution in [3.63, 3.8) is 0 Å². The van der Waals surface area contributed by atoms with Crippen LogP contribution in [0.25, 0.3) is 0 Å². The number of nitrogens with zero attached hydrogens (tertiary/aromatic N) is 2. The second-order valence-electron chi connectivity index (χ2n) is 6.73. The fraction of sp³-hybridized carbons (Fsp3) is 0.389. The summed E-state index contributed by atoms with van der Waals surface area (Å²) in [5.74, 6) is 0.913. The lowest BCUT2D eigenvalue weighted by Crippen LogP contribution is -2.17. The molecule has 1 aromatic carbocycles. The summed E-state index contributed by atoms with van der Waals surface area (Å²) in [5, 5.41) is 5.15. The van der Waals surface area contributed by atoms with Gasteiger partial charge in [0.2, 0.25) is 10.0 Å². The zero-order valence-corrected chi connectivity index (χ0v) is 14.2. The number of pyridine rings is 1. The van der Waals surface area contributed by atoms with E-state index >= 15 is 0 Å². The summed E-state index contributed by atoms with van der Waals surface area (Å²) in [6.45, 7) is 2.24. The van der Waals surface area contributed by atoms with Gasteiger partial charge in [0.25, 0.3) is 0 Å². The highest BCUT2D eigenvalue weighted by Crippen LogP contribution is 2.54. The van der Waals surface area contributed by atoms with Crippen molar-refractivity contribution in [1.82, 2.24) is 4.98 Å². The van der Waals surface area contributed by atoms with Crippen molar-refractivity contribution >= 4 is 15.7 Å². The van der Waals surface area contributed by atoms with E-state index in [-0.39, 0.29) is 4.90 Å². The average molecular weight is 343 g/mol. The van der Waals surface area contributed by atoms with Gasteiger partial charge in [0.15, 0.2) is 0 Å². The van der Waals surface area contributed by atoms with Crippen molar-refractivity contribution in [3.05, 3.63) is 53.9 Å². The first-order chi connectivity index (χ1) is 11.5. The van der Waals surface area contributed by atoms with Gasteiger partial charge < -0.3 is 4.90 Å². The van der Waals surface area contributed by atoms with Crippen molar-refractivity contribution in [2.24, 2.45) is 5.14 Å². The van der Waals surface area contributed by atoms with E-state index in [2.05, 4.69) is 16.0 Å². The van der Waals surface area contributed by atoms with Crippen LogP contribution < -0.4 is 10.0 Å². The second kappa shape index (κ2) is 5.86. The Morgan fingerprint density at radius 3 is 2.33 bits per heavy atom. The van der Waals surface area contributed by atoms with Crippen LogP contribution in [0.1, 0.15) is 42.2 Å². The summed E-state index contributed by atoms with van der Waals surface area (Å²) in [4.78, 5) is 6.99. The lowest BCUT2D eigenvalue weighted by molar-refractivity contribution is 0.598. The smallest absolute Gasteiger partial charge is 0.238 e. The lowest BCUT2D eigenvalue weighted by Gasteiger charge is -2.17. The summed E-state index contributed by atoms with van der Waals surface area (Å²) in [5.41, 5.74) is 3.67. The van der Waals surface area contributed by atoms with Crippen LogP contribution in [0, 0.1) is 0 Å². The molecular formula is C18H21N3O2S. The Morgan fingerprint density at radius 2 is 1.67 bits per heavy atom. The van der Waals surface area contributed by atoms with Crippen LogP contribution in [-0.2, 0) is 10.0 Å². The molecule has 2 fully saturated rings. The van der Waals surface area contributed by atoms with Crippen LogP contribution in [0.3, 0.4) is 0 Å². The van der Waals surface area contributed by atoms with E-state index in [1.54, 1.807) is 12.1 Å². The molecule has 0 bridgehead atoms. The molecule has 6 heteroatoms. The second-order valence-corrected chi connectivity index (χ2v) is 8.29. The Morgan fingerprint density at radius 1 is 1.00 bits per heavy atom. The van der Waals surface area contributed by atoms with Crippen LogP contribution >= 0.6 is 0 Å². The maximum absolute atomic E-state index is 11.3. The first-order valence-corrected chi connectivity index (χ1v) is 9.90. The standard InChI is InChI=1S/C18H21N3O2S/c19-24(22,23)16-5-3-13(4-6-16)17-10-18(17)14-9-15(12-20-11-14)21-7-1-2-8-21/h3-6,9,11-12,17-18H,1-2,7-8,10H2,(H2,19,22,23). The predicted molar refractivity (Wildman–Crippen MR) is 93.6 cm³/mol. The Labute approximate surface area is 142 Å². The van der Waals surface area contributed by atoms with Crippen molar-refractivity contribution in [3.8, 4) is 0 Å². The number of hydrogen-bond donors (Lipinski definition) is 1. The van der Waals surface area contributed by atoms with Crippen LogP contribution in [0.4, 0.5) is 5.69 Å². The molecule has 2 N–H and O–H groups in total. The molecule has 2 atom stereocenters. The number of aromatic nitrogens is 1. The topological polar surface area (TPSA) is 76.3 Å². The molecule has 2 unspecified atom stereocenters. The van der Waals surface area contributed by atoms with Gasteiger partial charge in [-0.2, -0.15) is 0 Å². The number of sulfonamides is 1. The molecule has 2 heterocycles. The fourth-order valence-electron chi connectivity index (χ4n) is 3.63. The molecule has 1 aliphatic heterocycles. The Bertz CT molecular complexity index is 843. The summed E-state index contributed by atoms with van der Waals surface area (Å²) < 4.78 is 22.7. The zero-order chi connectivity index (χ0) is 16.7. The van der Waals surface area contributed by atoms with E-state index in [9.17, 15) is 8.42 Å². The molecular weight excluding hydrogens is 322 g/mol. The Balaban J connectivity index is 1.51. The Kier molecular flexibility index (Phi) is 3.81. The first kappa shape index (κ1) is 15.6. The molecule has 1 saturated heterocycles. The third kappa shape index (κ3) is 3.03. The van der Waals surface area contributed by atoms with Crippen molar-refractivity contribution < 1.29 is 8.42 Å². The van der Waals surface area contributed by atoms with Crippen LogP contribution in [0.2, 0.25) is 0 Å². The van der Waals surface area contributed by atoms with Crippen molar-refractivity contribution in [2.45, 2.75) is 36.0 Å². The van der Waals surface area contributed by atoms with Gasteiger partial charge in [0.05, 0.1) is 16.8 Å². The monoisotopic (exact) mass is 343 g/mol. The largest absolute Gasteiger partial charge is 0.370 e. The summed E-state index contributed by atoms with van der Waals surface area (Å²) in [6, 6.07) is 9.21. The van der Waals surface area contributed by atoms with Gasteiger partial charge in [-0.3, -0.25) is 4.98 Å². The van der Waals surface area contributed by atoms with Gasteiger partial charge in [-0.05, 0) is 60.4 Å². The molecule has 5 nitrogen and oxygen atoms in total. The maximum atomic E-state index is 11.3. The van der Waals surface area contributed by atoms with Crippen LogP contribution in [0.5, 0.6) is 0 Å². The fourth-order valence-corrected chi connectivity index (χ4v) is 4.15. The third-order valence-corrected chi connectivity index (χ3v) is 6.00. The molecule has 0 spiro atoms. The summed E-state index contributed by atoms with van der Waals surface area (Å²) in [7, 11) is -3.62. The SMILES string of the molecule is NS(=O)(=O)c1ccc(C2CC2c2cncc(N3CCCC3)c2)cc1. The molecule has 1 saturated carbocycles. The van der Waals surface area contributed by atoms with Crippen LogP contribution in [-0.4, -0.2) is 26.5 Å². The van der Waals surface area contributed by atoms with Gasteiger partial charge in [-0.25, -0.2) is 13.6 Å². The van der Waals surface area contributed by atoms with Gasteiger partial charge >= 0.3 is 0 Å². The number of primary sulfonamides is 1. The highest BCUT2D eigenvalue weighted by molar-refractivity contribution is 7.89. The lowest BCUT2D eigenvalue weighted by atomic mass is 10.1. The summed E-state index contributed by atoms with van der Waals surface area (Å²) in [6.07, 6.45) is 7.51. The molecule has 2 aliphatic rings. The van der Waals surface area contributed by atoms with Gasteiger partial charge in [0.1, 0.15) is 0 Å². The first-order valence-electron chi connectivity index (χ1n) is 8.35. The molecule has 1 aromatic heterocycles. The minimum Gasteiger partial charge on any atom is -0.370 e. The highest BCUT2D eigenvalue weighted by atomic mass is 32.2. The molecule has 0 radical (unpaired) electrons. The van der Waals surface area contributed by atoms with E-state index in [0.717, 1.165) is 19.5 Å². The van der Waals surface area contributed by atoms with Gasteiger partial charge in [0, 0.05) is 19.3 Å². The predicted octanol–water partition coefficient (Wildman–Crippen LogP) is 2.60. The quantitative estimate of drug-likeness (QED) is 0.926. The van der Waals surface area contributed by atoms with Crippen molar-refractivity contribution in [1.29, 1.82) is 0 Å². The van der Waals surface area contributed by atoms with Gasteiger partial charge in [-0.15, -0.1) is 0 Å². The number of hydrogen-bond acceptors (Lipinski definition) is 4. The van der Waals surface area contributed by atoms with Crippen molar-refractivity contribution in [2.75, 3.05) is 18.0 Å². The minimum atomic E-state index is -3.62. The molecule has 1 aliphatic carbocycles. The van der Waals surface area contributed by atoms with E-state index in [1.165, 1.54) is 29.7 Å². The van der Waals surface area contributed by atoms with E-state index in [1.807, 2.05) is 24.5 Å². The summed E-state index contributed by atoms with van der Waals surface area (Å²) >= 11 is 0. The van der Waals surface area contributed by atoms with Crippen LogP contribution in [0.15, 0.2) is 47.6 Å². The van der Waals surface area contributed by atoms with E-state index < -0.39 is 10.0 Å². The van der Waals surface area contributed by atoms with E-state index in [4.69, 9.17) is 5.14 Å². The molecule has 24 heavy (non-hydrogen) atoms. The third-order valence-electron chi connectivity index (χ3n) is 5.07. The number of nitrogens with two attached hydrogens (primary N) is 1. The zero-order valence-electron chi connectivity index (χ0n) is 13.4. The minimum absolute atomic E-state index is 0.168. The normalized spacial score (nSPS) is 23.5. The number of anilines is 1. The van der Waals surface area contributed by atoms with Gasteiger partial charge in [-0.1, -0.05) is 12.1 Å². The molecule has 4 rings (SSSR count). The number of benzene rings is 1. The molecule has 126 valence electrons. The highest BCUT2D eigenvalue weighted by Gasteiger charge is 2.40. The molecule has 2 aromatic rings. The molecule has 0 amide bonds. The maximum Gasteiger partial charge on any atom is 0.238 e. The Hall–Kier alpha value is -1.92. The van der Waals surface area contributed by atoms with E-state index in [0.29, 0.717) is 11.8 Å². The number of rotatable bonds is 4. The average Bonchev–Trinajstić information content (AvgIpc) is 3.19.